The van der Waals surface area contributed by atoms with E-state index >= 15 is 0 Å². The average molecular weight is 295 g/mol. The van der Waals surface area contributed by atoms with Gasteiger partial charge in [0.05, 0.1) is 0 Å². The van der Waals surface area contributed by atoms with Gasteiger partial charge < -0.3 is 16.0 Å². The minimum absolute atomic E-state index is 0.156. The first-order valence-corrected chi connectivity index (χ1v) is 7.96. The molecule has 116 valence electrons. The average Bonchev–Trinajstić information content (AvgIpc) is 2.85. The van der Waals surface area contributed by atoms with Gasteiger partial charge in [0.15, 0.2) is 0 Å². The van der Waals surface area contributed by atoms with Crippen molar-refractivity contribution in [3.05, 3.63) is 71.3 Å². The van der Waals surface area contributed by atoms with Gasteiger partial charge in [-0.15, -0.1) is 0 Å². The first-order chi connectivity index (χ1) is 10.7. The van der Waals surface area contributed by atoms with E-state index in [1.165, 1.54) is 16.7 Å². The summed E-state index contributed by atoms with van der Waals surface area (Å²) in [7, 11) is 4.27. The van der Waals surface area contributed by atoms with Gasteiger partial charge in [0.1, 0.15) is 0 Å². The lowest BCUT2D eigenvalue weighted by Gasteiger charge is -2.27. The quantitative estimate of drug-likeness (QED) is 0.891. The summed E-state index contributed by atoms with van der Waals surface area (Å²) in [5, 5.41) is 3.73. The molecule has 3 unspecified atom stereocenters. The lowest BCUT2D eigenvalue weighted by atomic mass is 10.0. The third-order valence-corrected chi connectivity index (χ3v) is 4.63. The molecule has 3 atom stereocenters. The van der Waals surface area contributed by atoms with Gasteiger partial charge in [-0.3, -0.25) is 0 Å². The number of benzene rings is 2. The normalized spacial score (nSPS) is 21.8. The smallest absolute Gasteiger partial charge is 0.0467 e. The highest BCUT2D eigenvalue weighted by Crippen LogP contribution is 2.37. The molecule has 2 aromatic carbocycles. The summed E-state index contributed by atoms with van der Waals surface area (Å²) in [5.74, 6) is 0. The lowest BCUT2D eigenvalue weighted by Crippen LogP contribution is -2.32. The molecule has 3 rings (SSSR count). The van der Waals surface area contributed by atoms with Crippen molar-refractivity contribution in [2.45, 2.75) is 24.5 Å². The SMILES string of the molecule is CN(C)C(CNC1CC(N)c2ccccc21)c1ccccc1. The Kier molecular flexibility index (Phi) is 4.57. The highest BCUT2D eigenvalue weighted by molar-refractivity contribution is 5.37. The van der Waals surface area contributed by atoms with Crippen molar-refractivity contribution in [2.24, 2.45) is 5.73 Å². The van der Waals surface area contributed by atoms with Crippen molar-refractivity contribution in [2.75, 3.05) is 20.6 Å². The predicted molar refractivity (Wildman–Crippen MR) is 91.6 cm³/mol. The Morgan fingerprint density at radius 1 is 1.05 bits per heavy atom. The maximum Gasteiger partial charge on any atom is 0.0467 e. The minimum atomic E-state index is 0.156. The molecule has 3 N–H and O–H groups in total. The van der Waals surface area contributed by atoms with E-state index < -0.39 is 0 Å². The molecular weight excluding hydrogens is 270 g/mol. The van der Waals surface area contributed by atoms with E-state index in [4.69, 9.17) is 5.73 Å². The molecule has 22 heavy (non-hydrogen) atoms. The van der Waals surface area contributed by atoms with Crippen LogP contribution in [0.25, 0.3) is 0 Å². The second kappa shape index (κ2) is 6.61. The topological polar surface area (TPSA) is 41.3 Å². The van der Waals surface area contributed by atoms with Crippen molar-refractivity contribution in [3.8, 4) is 0 Å². The van der Waals surface area contributed by atoms with E-state index in [9.17, 15) is 0 Å². The van der Waals surface area contributed by atoms with Crippen LogP contribution in [0.5, 0.6) is 0 Å². The summed E-state index contributed by atoms with van der Waals surface area (Å²) >= 11 is 0. The number of nitrogens with zero attached hydrogens (tertiary/aromatic N) is 1. The van der Waals surface area contributed by atoms with Crippen LogP contribution in [0.15, 0.2) is 54.6 Å². The Morgan fingerprint density at radius 3 is 2.36 bits per heavy atom. The van der Waals surface area contributed by atoms with E-state index in [1.54, 1.807) is 0 Å². The fourth-order valence-corrected chi connectivity index (χ4v) is 3.39. The van der Waals surface area contributed by atoms with Crippen LogP contribution in [0.1, 0.15) is 41.2 Å². The molecule has 0 saturated carbocycles. The molecular formula is C19H25N3. The number of likely N-dealkylation sites (N-methyl/N-ethyl adjacent to an activating group) is 1. The number of rotatable bonds is 5. The predicted octanol–water partition coefficient (Wildman–Crippen LogP) is 3.02. The number of hydrogen-bond donors (Lipinski definition) is 2. The summed E-state index contributed by atoms with van der Waals surface area (Å²) < 4.78 is 0. The van der Waals surface area contributed by atoms with Crippen LogP contribution >= 0.6 is 0 Å². The molecule has 0 aromatic heterocycles. The number of hydrogen-bond acceptors (Lipinski definition) is 3. The first kappa shape index (κ1) is 15.2. The monoisotopic (exact) mass is 295 g/mol. The Labute approximate surface area is 133 Å². The highest BCUT2D eigenvalue weighted by atomic mass is 15.1. The third kappa shape index (κ3) is 3.07. The third-order valence-electron chi connectivity index (χ3n) is 4.63. The van der Waals surface area contributed by atoms with Gasteiger partial charge in [-0.05, 0) is 37.2 Å². The first-order valence-electron chi connectivity index (χ1n) is 7.96. The van der Waals surface area contributed by atoms with Crippen LogP contribution < -0.4 is 11.1 Å². The van der Waals surface area contributed by atoms with Crippen molar-refractivity contribution in [3.63, 3.8) is 0 Å². The molecule has 0 spiro atoms. The van der Waals surface area contributed by atoms with E-state index in [1.807, 2.05) is 0 Å². The maximum atomic E-state index is 6.26. The minimum Gasteiger partial charge on any atom is -0.324 e. The lowest BCUT2D eigenvalue weighted by molar-refractivity contribution is 0.278. The van der Waals surface area contributed by atoms with Gasteiger partial charge in [-0.25, -0.2) is 0 Å². The number of nitrogens with two attached hydrogens (primary N) is 1. The molecule has 3 nitrogen and oxygen atoms in total. The van der Waals surface area contributed by atoms with E-state index in [2.05, 4.69) is 78.9 Å². The molecule has 3 heteroatoms. The molecule has 1 aliphatic rings. The van der Waals surface area contributed by atoms with E-state index in [-0.39, 0.29) is 6.04 Å². The molecule has 2 aromatic rings. The summed E-state index contributed by atoms with van der Waals surface area (Å²) in [4.78, 5) is 2.27. The van der Waals surface area contributed by atoms with Gasteiger partial charge in [0, 0.05) is 24.7 Å². The van der Waals surface area contributed by atoms with Crippen molar-refractivity contribution < 1.29 is 0 Å². The van der Waals surface area contributed by atoms with Crippen molar-refractivity contribution >= 4 is 0 Å². The summed E-state index contributed by atoms with van der Waals surface area (Å²) in [6.07, 6.45) is 0.980. The summed E-state index contributed by atoms with van der Waals surface area (Å²) in [6, 6.07) is 20.1. The van der Waals surface area contributed by atoms with Crippen LogP contribution in [0, 0.1) is 0 Å². The molecule has 0 saturated heterocycles. The van der Waals surface area contributed by atoms with Gasteiger partial charge in [0.25, 0.3) is 0 Å². The zero-order chi connectivity index (χ0) is 15.5. The van der Waals surface area contributed by atoms with Gasteiger partial charge in [-0.1, -0.05) is 54.6 Å². The molecule has 1 aliphatic carbocycles. The van der Waals surface area contributed by atoms with Crippen LogP contribution in [0.4, 0.5) is 0 Å². The summed E-state index contributed by atoms with van der Waals surface area (Å²) in [5.41, 5.74) is 10.3. The largest absolute Gasteiger partial charge is 0.324 e. The fraction of sp³-hybridized carbons (Fsp3) is 0.368. The fourth-order valence-electron chi connectivity index (χ4n) is 3.39. The van der Waals surface area contributed by atoms with E-state index in [0.29, 0.717) is 12.1 Å². The standard InChI is InChI=1S/C19H25N3/c1-22(2)19(14-8-4-3-5-9-14)13-21-18-12-17(20)15-10-6-7-11-16(15)18/h3-11,17-19,21H,12-13,20H2,1-2H3. The molecule has 0 aliphatic heterocycles. The molecule has 0 heterocycles. The highest BCUT2D eigenvalue weighted by Gasteiger charge is 2.28. The Balaban J connectivity index is 1.72. The number of nitrogens with one attached hydrogen (secondary N) is 1. The van der Waals surface area contributed by atoms with Crippen LogP contribution in [0.2, 0.25) is 0 Å². The second-order valence-corrected chi connectivity index (χ2v) is 6.32. The van der Waals surface area contributed by atoms with Crippen LogP contribution in [-0.2, 0) is 0 Å². The molecule has 0 radical (unpaired) electrons. The van der Waals surface area contributed by atoms with E-state index in [0.717, 1.165) is 13.0 Å². The van der Waals surface area contributed by atoms with Crippen LogP contribution in [0.3, 0.4) is 0 Å². The Bertz CT molecular complexity index is 609. The molecule has 0 amide bonds. The Hall–Kier alpha value is -1.68. The second-order valence-electron chi connectivity index (χ2n) is 6.32. The molecule has 0 fully saturated rings. The molecule has 0 bridgehead atoms. The van der Waals surface area contributed by atoms with Crippen LogP contribution in [-0.4, -0.2) is 25.5 Å². The van der Waals surface area contributed by atoms with Crippen molar-refractivity contribution in [1.82, 2.24) is 10.2 Å². The zero-order valence-electron chi connectivity index (χ0n) is 13.4. The van der Waals surface area contributed by atoms with Crippen molar-refractivity contribution in [1.29, 1.82) is 0 Å². The number of fused-ring (bicyclic) bond motifs is 1. The van der Waals surface area contributed by atoms with Gasteiger partial charge >= 0.3 is 0 Å². The van der Waals surface area contributed by atoms with Gasteiger partial charge in [-0.2, -0.15) is 0 Å². The maximum absolute atomic E-state index is 6.26. The zero-order valence-corrected chi connectivity index (χ0v) is 13.4. The Morgan fingerprint density at radius 2 is 1.68 bits per heavy atom. The van der Waals surface area contributed by atoms with Gasteiger partial charge in [0.2, 0.25) is 0 Å². The summed E-state index contributed by atoms with van der Waals surface area (Å²) in [6.45, 7) is 0.919.